The number of benzene rings is 1. The summed E-state index contributed by atoms with van der Waals surface area (Å²) in [6.45, 7) is 3.68. The molecule has 4 heteroatoms. The maximum Gasteiger partial charge on any atom is 0.128 e. The van der Waals surface area contributed by atoms with Crippen LogP contribution >= 0.6 is 0 Å². The summed E-state index contributed by atoms with van der Waals surface area (Å²) in [4.78, 5) is 0. The van der Waals surface area contributed by atoms with Crippen molar-refractivity contribution in [3.05, 3.63) is 23.8 Å². The molecule has 2 N–H and O–H groups in total. The van der Waals surface area contributed by atoms with Crippen LogP contribution in [0.4, 0.5) is 0 Å². The normalized spacial score (nSPS) is 12.2. The summed E-state index contributed by atoms with van der Waals surface area (Å²) in [6, 6.07) is 5.48. The molecule has 0 saturated carbocycles. The Morgan fingerprint density at radius 1 is 1.15 bits per heavy atom. The zero-order valence-electron chi connectivity index (χ0n) is 12.8. The molecular weight excluding hydrogens is 254 g/mol. The smallest absolute Gasteiger partial charge is 0.128 e. The van der Waals surface area contributed by atoms with Crippen LogP contribution in [0.5, 0.6) is 11.5 Å². The van der Waals surface area contributed by atoms with Gasteiger partial charge in [0.15, 0.2) is 0 Å². The zero-order valence-corrected chi connectivity index (χ0v) is 12.8. The molecule has 1 aromatic rings. The van der Waals surface area contributed by atoms with Crippen LogP contribution in [-0.2, 0) is 0 Å². The Morgan fingerprint density at radius 3 is 2.60 bits per heavy atom. The summed E-state index contributed by atoms with van der Waals surface area (Å²) in [5.74, 6) is 1.38. The molecule has 4 nitrogen and oxygen atoms in total. The predicted octanol–water partition coefficient (Wildman–Crippen LogP) is 2.91. The number of ether oxygens (including phenoxy) is 2. The molecule has 1 aromatic carbocycles. The molecule has 1 rings (SSSR count). The average molecular weight is 281 g/mol. The highest BCUT2D eigenvalue weighted by Crippen LogP contribution is 2.29. The summed E-state index contributed by atoms with van der Waals surface area (Å²) in [5, 5.41) is 13.5. The fraction of sp³-hybridized carbons (Fsp3) is 0.625. The van der Waals surface area contributed by atoms with E-state index in [4.69, 9.17) is 9.47 Å². The van der Waals surface area contributed by atoms with Crippen molar-refractivity contribution in [3.63, 3.8) is 0 Å². The van der Waals surface area contributed by atoms with Gasteiger partial charge in [-0.25, -0.2) is 0 Å². The largest absolute Gasteiger partial charge is 0.497 e. The van der Waals surface area contributed by atoms with Gasteiger partial charge in [-0.3, -0.25) is 0 Å². The predicted molar refractivity (Wildman–Crippen MR) is 81.5 cm³/mol. The second-order valence-electron chi connectivity index (χ2n) is 4.89. The maximum absolute atomic E-state index is 10.2. The lowest BCUT2D eigenvalue weighted by molar-refractivity contribution is 0.170. The van der Waals surface area contributed by atoms with Crippen molar-refractivity contribution >= 4 is 0 Å². The van der Waals surface area contributed by atoms with Crippen molar-refractivity contribution in [2.24, 2.45) is 0 Å². The minimum Gasteiger partial charge on any atom is -0.497 e. The van der Waals surface area contributed by atoms with Gasteiger partial charge >= 0.3 is 0 Å². The summed E-state index contributed by atoms with van der Waals surface area (Å²) in [5.41, 5.74) is 0.786. The number of aliphatic hydroxyl groups excluding tert-OH is 1. The summed E-state index contributed by atoms with van der Waals surface area (Å²) < 4.78 is 10.5. The molecule has 0 amide bonds. The Balaban J connectivity index is 2.44. The average Bonchev–Trinajstić information content (AvgIpc) is 2.49. The van der Waals surface area contributed by atoms with Crippen LogP contribution in [0.2, 0.25) is 0 Å². The lowest BCUT2D eigenvalue weighted by Crippen LogP contribution is -2.22. The summed E-state index contributed by atoms with van der Waals surface area (Å²) >= 11 is 0. The fourth-order valence-electron chi connectivity index (χ4n) is 2.12. The van der Waals surface area contributed by atoms with Crippen molar-refractivity contribution < 1.29 is 14.6 Å². The van der Waals surface area contributed by atoms with Crippen LogP contribution in [0.3, 0.4) is 0 Å². The van der Waals surface area contributed by atoms with Gasteiger partial charge < -0.3 is 19.9 Å². The van der Waals surface area contributed by atoms with E-state index in [9.17, 15) is 5.11 Å². The Labute approximate surface area is 122 Å². The molecule has 1 atom stereocenters. The molecule has 0 bridgehead atoms. The molecule has 0 fully saturated rings. The van der Waals surface area contributed by atoms with E-state index in [0.29, 0.717) is 12.3 Å². The van der Waals surface area contributed by atoms with Gasteiger partial charge in [-0.05, 0) is 25.1 Å². The van der Waals surface area contributed by atoms with Crippen molar-refractivity contribution in [1.82, 2.24) is 5.32 Å². The van der Waals surface area contributed by atoms with Crippen molar-refractivity contribution in [2.45, 2.75) is 38.7 Å². The lowest BCUT2D eigenvalue weighted by Gasteiger charge is -2.16. The molecule has 0 radical (unpaired) electrons. The van der Waals surface area contributed by atoms with Crippen molar-refractivity contribution in [2.75, 3.05) is 27.3 Å². The van der Waals surface area contributed by atoms with E-state index in [0.717, 1.165) is 24.3 Å². The number of aliphatic hydroxyl groups is 1. The number of rotatable bonds is 10. The third kappa shape index (κ3) is 5.39. The minimum atomic E-state index is -0.568. The molecule has 1 unspecified atom stereocenters. The minimum absolute atomic E-state index is 0.537. The highest BCUT2D eigenvalue weighted by atomic mass is 16.5. The highest BCUT2D eigenvalue weighted by Gasteiger charge is 2.13. The standard InChI is InChI=1S/C16H27NO3/c1-4-5-6-7-10-17-12-15(18)14-9-8-13(19-2)11-16(14)20-3/h8-9,11,15,17-18H,4-7,10,12H2,1-3H3. The van der Waals surface area contributed by atoms with Crippen molar-refractivity contribution in [3.8, 4) is 11.5 Å². The fourth-order valence-corrected chi connectivity index (χ4v) is 2.12. The first-order chi connectivity index (χ1) is 9.72. The third-order valence-electron chi connectivity index (χ3n) is 3.34. The molecule has 0 heterocycles. The van der Waals surface area contributed by atoms with Gasteiger partial charge in [0.2, 0.25) is 0 Å². The van der Waals surface area contributed by atoms with E-state index in [2.05, 4.69) is 12.2 Å². The lowest BCUT2D eigenvalue weighted by atomic mass is 10.1. The molecule has 0 aliphatic carbocycles. The molecule has 0 saturated heterocycles. The zero-order chi connectivity index (χ0) is 14.8. The monoisotopic (exact) mass is 281 g/mol. The molecule has 0 aromatic heterocycles. The first-order valence-corrected chi connectivity index (χ1v) is 7.33. The Morgan fingerprint density at radius 2 is 1.95 bits per heavy atom. The van der Waals surface area contributed by atoms with Crippen LogP contribution < -0.4 is 14.8 Å². The van der Waals surface area contributed by atoms with Crippen molar-refractivity contribution in [1.29, 1.82) is 0 Å². The number of nitrogens with one attached hydrogen (secondary N) is 1. The quantitative estimate of drug-likeness (QED) is 0.647. The molecule has 0 aliphatic rings. The molecule has 114 valence electrons. The van der Waals surface area contributed by atoms with E-state index >= 15 is 0 Å². The Bertz CT molecular complexity index is 382. The molecular formula is C16H27NO3. The molecule has 20 heavy (non-hydrogen) atoms. The van der Waals surface area contributed by atoms with Crippen LogP contribution in [0, 0.1) is 0 Å². The van der Waals surface area contributed by atoms with Gasteiger partial charge in [0.1, 0.15) is 11.5 Å². The Hall–Kier alpha value is -1.26. The van der Waals surface area contributed by atoms with Gasteiger partial charge in [-0.2, -0.15) is 0 Å². The van der Waals surface area contributed by atoms with Gasteiger partial charge in [-0.1, -0.05) is 26.2 Å². The van der Waals surface area contributed by atoms with E-state index in [1.165, 1.54) is 19.3 Å². The number of hydrogen-bond donors (Lipinski definition) is 2. The summed E-state index contributed by atoms with van der Waals surface area (Å²) in [7, 11) is 3.21. The number of unbranched alkanes of at least 4 members (excludes halogenated alkanes) is 3. The number of hydrogen-bond acceptors (Lipinski definition) is 4. The molecule has 0 spiro atoms. The van der Waals surface area contributed by atoms with Gasteiger partial charge in [0.05, 0.1) is 20.3 Å². The van der Waals surface area contributed by atoms with E-state index < -0.39 is 6.10 Å². The SMILES string of the molecule is CCCCCCNCC(O)c1ccc(OC)cc1OC. The second kappa shape index (κ2) is 9.61. The van der Waals surface area contributed by atoms with E-state index in [-0.39, 0.29) is 0 Å². The summed E-state index contributed by atoms with van der Waals surface area (Å²) in [6.07, 6.45) is 4.34. The van der Waals surface area contributed by atoms with Gasteiger partial charge in [0, 0.05) is 18.2 Å². The van der Waals surface area contributed by atoms with Crippen LogP contribution in [0.25, 0.3) is 0 Å². The van der Waals surface area contributed by atoms with Crippen LogP contribution in [0.15, 0.2) is 18.2 Å². The van der Waals surface area contributed by atoms with Crippen LogP contribution in [0.1, 0.15) is 44.3 Å². The first-order valence-electron chi connectivity index (χ1n) is 7.33. The topological polar surface area (TPSA) is 50.7 Å². The van der Waals surface area contributed by atoms with E-state index in [1.54, 1.807) is 20.3 Å². The third-order valence-corrected chi connectivity index (χ3v) is 3.34. The van der Waals surface area contributed by atoms with Gasteiger partial charge in [-0.15, -0.1) is 0 Å². The van der Waals surface area contributed by atoms with Crippen LogP contribution in [-0.4, -0.2) is 32.4 Å². The number of methoxy groups -OCH3 is 2. The maximum atomic E-state index is 10.2. The second-order valence-corrected chi connectivity index (χ2v) is 4.89. The van der Waals surface area contributed by atoms with Gasteiger partial charge in [0.25, 0.3) is 0 Å². The highest BCUT2D eigenvalue weighted by molar-refractivity contribution is 5.42. The molecule has 0 aliphatic heterocycles. The Kier molecular flexibility index (Phi) is 8.07. The first kappa shape index (κ1) is 16.8. The van der Waals surface area contributed by atoms with E-state index in [1.807, 2.05) is 12.1 Å².